The molecule has 17 heavy (non-hydrogen) atoms. The van der Waals surface area contributed by atoms with Crippen LogP contribution in [0.15, 0.2) is 42.5 Å². The first kappa shape index (κ1) is 11.7. The first-order valence-electron chi connectivity index (χ1n) is 5.44. The summed E-state index contributed by atoms with van der Waals surface area (Å²) < 4.78 is 0. The molecule has 0 saturated carbocycles. The first-order valence-corrected chi connectivity index (χ1v) is 5.81. The fraction of sp³-hybridized carbons (Fsp3) is 0.133. The molecule has 0 bridgehead atoms. The van der Waals surface area contributed by atoms with E-state index in [-0.39, 0.29) is 0 Å². The minimum Gasteiger partial charge on any atom is -0.198 e. The molecule has 0 aliphatic carbocycles. The third-order valence-corrected chi connectivity index (χ3v) is 3.03. The minimum atomic E-state index is 0.404. The molecule has 2 heteroatoms. The summed E-state index contributed by atoms with van der Waals surface area (Å²) in [6.45, 7) is 2.04. The van der Waals surface area contributed by atoms with Gasteiger partial charge in [0.1, 0.15) is 0 Å². The van der Waals surface area contributed by atoms with Crippen molar-refractivity contribution < 1.29 is 0 Å². The molecule has 0 aromatic heterocycles. The average Bonchev–Trinajstić information content (AvgIpc) is 2.32. The van der Waals surface area contributed by atoms with Gasteiger partial charge in [0.05, 0.1) is 12.5 Å². The summed E-state index contributed by atoms with van der Waals surface area (Å²) in [5.74, 6) is 0. The molecule has 0 aliphatic rings. The van der Waals surface area contributed by atoms with Crippen LogP contribution in [0.5, 0.6) is 0 Å². The SMILES string of the molecule is Cc1ccc(CC#N)c(-c2ccccc2Cl)c1. The number of rotatable bonds is 2. The molecule has 0 aliphatic heterocycles. The standard InChI is InChI=1S/C15H12ClN/c1-11-6-7-12(8-9-17)14(10-11)13-4-2-3-5-15(13)16/h2-7,10H,8H2,1H3. The number of aryl methyl sites for hydroxylation is 1. The molecule has 0 heterocycles. The summed E-state index contributed by atoms with van der Waals surface area (Å²) in [5, 5.41) is 9.57. The smallest absolute Gasteiger partial charge is 0.0669 e. The summed E-state index contributed by atoms with van der Waals surface area (Å²) in [6, 6.07) is 16.0. The molecule has 84 valence electrons. The zero-order valence-electron chi connectivity index (χ0n) is 9.57. The lowest BCUT2D eigenvalue weighted by Crippen LogP contribution is -1.90. The Kier molecular flexibility index (Phi) is 3.46. The lowest BCUT2D eigenvalue weighted by molar-refractivity contribution is 1.25. The van der Waals surface area contributed by atoms with Crippen molar-refractivity contribution in [2.45, 2.75) is 13.3 Å². The van der Waals surface area contributed by atoms with Gasteiger partial charge in [-0.2, -0.15) is 5.26 Å². The van der Waals surface area contributed by atoms with Crippen molar-refractivity contribution in [1.82, 2.24) is 0 Å². The minimum absolute atomic E-state index is 0.404. The zero-order chi connectivity index (χ0) is 12.3. The Labute approximate surface area is 106 Å². The molecular weight excluding hydrogens is 230 g/mol. The number of hydrogen-bond donors (Lipinski definition) is 0. The largest absolute Gasteiger partial charge is 0.198 e. The van der Waals surface area contributed by atoms with E-state index in [2.05, 4.69) is 12.1 Å². The van der Waals surface area contributed by atoms with Gasteiger partial charge in [-0.1, -0.05) is 53.6 Å². The lowest BCUT2D eigenvalue weighted by atomic mass is 9.96. The van der Waals surface area contributed by atoms with E-state index < -0.39 is 0 Å². The Morgan fingerprint density at radius 3 is 2.59 bits per heavy atom. The predicted octanol–water partition coefficient (Wildman–Crippen LogP) is 4.38. The zero-order valence-corrected chi connectivity index (χ0v) is 10.3. The van der Waals surface area contributed by atoms with Gasteiger partial charge in [-0.25, -0.2) is 0 Å². The van der Waals surface area contributed by atoms with Crippen LogP contribution in [0, 0.1) is 18.3 Å². The molecule has 0 unspecified atom stereocenters. The van der Waals surface area contributed by atoms with E-state index in [0.717, 1.165) is 21.7 Å². The number of nitrogens with zero attached hydrogens (tertiary/aromatic N) is 1. The molecule has 0 spiro atoms. The Bertz CT molecular complexity index is 582. The van der Waals surface area contributed by atoms with Crippen molar-refractivity contribution in [1.29, 1.82) is 5.26 Å². The van der Waals surface area contributed by atoms with Gasteiger partial charge in [-0.3, -0.25) is 0 Å². The molecular formula is C15H12ClN. The molecule has 2 aromatic rings. The van der Waals surface area contributed by atoms with Crippen molar-refractivity contribution in [2.24, 2.45) is 0 Å². The summed E-state index contributed by atoms with van der Waals surface area (Å²) in [7, 11) is 0. The highest BCUT2D eigenvalue weighted by atomic mass is 35.5. The quantitative estimate of drug-likeness (QED) is 0.765. The van der Waals surface area contributed by atoms with Crippen LogP contribution in [0.1, 0.15) is 11.1 Å². The van der Waals surface area contributed by atoms with E-state index >= 15 is 0 Å². The maximum atomic E-state index is 8.85. The second-order valence-electron chi connectivity index (χ2n) is 3.98. The first-order chi connectivity index (χ1) is 8.22. The molecule has 0 atom stereocenters. The topological polar surface area (TPSA) is 23.8 Å². The fourth-order valence-corrected chi connectivity index (χ4v) is 2.10. The maximum absolute atomic E-state index is 8.85. The van der Waals surface area contributed by atoms with Crippen molar-refractivity contribution in [3.05, 3.63) is 58.6 Å². The normalized spacial score (nSPS) is 9.94. The van der Waals surface area contributed by atoms with Crippen LogP contribution in [-0.2, 0) is 6.42 Å². The third-order valence-electron chi connectivity index (χ3n) is 2.70. The average molecular weight is 242 g/mol. The molecule has 2 aromatic carbocycles. The molecule has 1 nitrogen and oxygen atoms in total. The monoisotopic (exact) mass is 241 g/mol. The van der Waals surface area contributed by atoms with Gasteiger partial charge in [-0.05, 0) is 24.1 Å². The molecule has 0 radical (unpaired) electrons. The van der Waals surface area contributed by atoms with Crippen LogP contribution in [0.3, 0.4) is 0 Å². The number of benzene rings is 2. The van der Waals surface area contributed by atoms with Crippen molar-refractivity contribution in [3.8, 4) is 17.2 Å². The van der Waals surface area contributed by atoms with E-state index in [1.54, 1.807) is 0 Å². The second-order valence-corrected chi connectivity index (χ2v) is 4.38. The van der Waals surface area contributed by atoms with E-state index in [4.69, 9.17) is 16.9 Å². The molecule has 2 rings (SSSR count). The molecule has 0 saturated heterocycles. The highest BCUT2D eigenvalue weighted by molar-refractivity contribution is 6.33. The lowest BCUT2D eigenvalue weighted by Gasteiger charge is -2.10. The fourth-order valence-electron chi connectivity index (χ4n) is 1.86. The Hall–Kier alpha value is -1.78. The second kappa shape index (κ2) is 5.03. The number of halogens is 1. The number of hydrogen-bond acceptors (Lipinski definition) is 1. The Morgan fingerprint density at radius 1 is 1.12 bits per heavy atom. The van der Waals surface area contributed by atoms with Crippen molar-refractivity contribution in [3.63, 3.8) is 0 Å². The summed E-state index contributed by atoms with van der Waals surface area (Å²) in [6.07, 6.45) is 0.404. The third kappa shape index (κ3) is 2.49. The molecule has 0 fully saturated rings. The highest BCUT2D eigenvalue weighted by Crippen LogP contribution is 2.31. The van der Waals surface area contributed by atoms with Gasteiger partial charge in [0, 0.05) is 10.6 Å². The summed E-state index contributed by atoms with van der Waals surface area (Å²) in [4.78, 5) is 0. The van der Waals surface area contributed by atoms with Gasteiger partial charge < -0.3 is 0 Å². The Morgan fingerprint density at radius 2 is 1.88 bits per heavy atom. The maximum Gasteiger partial charge on any atom is 0.0669 e. The van der Waals surface area contributed by atoms with E-state index in [9.17, 15) is 0 Å². The van der Waals surface area contributed by atoms with Crippen LogP contribution in [0.2, 0.25) is 5.02 Å². The van der Waals surface area contributed by atoms with Gasteiger partial charge in [-0.15, -0.1) is 0 Å². The Balaban J connectivity index is 2.62. The summed E-state index contributed by atoms with van der Waals surface area (Å²) in [5.41, 5.74) is 4.23. The van der Waals surface area contributed by atoms with Crippen LogP contribution >= 0.6 is 11.6 Å². The van der Waals surface area contributed by atoms with E-state index in [0.29, 0.717) is 6.42 Å². The van der Waals surface area contributed by atoms with Crippen molar-refractivity contribution in [2.75, 3.05) is 0 Å². The number of nitriles is 1. The van der Waals surface area contributed by atoms with Crippen LogP contribution in [0.4, 0.5) is 0 Å². The van der Waals surface area contributed by atoms with Crippen molar-refractivity contribution >= 4 is 11.6 Å². The molecule has 0 N–H and O–H groups in total. The van der Waals surface area contributed by atoms with Gasteiger partial charge in [0.2, 0.25) is 0 Å². The van der Waals surface area contributed by atoms with Gasteiger partial charge in [0.15, 0.2) is 0 Å². The molecule has 0 amide bonds. The van der Waals surface area contributed by atoms with Gasteiger partial charge >= 0.3 is 0 Å². The summed E-state index contributed by atoms with van der Waals surface area (Å²) >= 11 is 6.20. The highest BCUT2D eigenvalue weighted by Gasteiger charge is 2.08. The predicted molar refractivity (Wildman–Crippen MR) is 70.9 cm³/mol. The van der Waals surface area contributed by atoms with Crippen LogP contribution < -0.4 is 0 Å². The van der Waals surface area contributed by atoms with Crippen LogP contribution in [-0.4, -0.2) is 0 Å². The van der Waals surface area contributed by atoms with Gasteiger partial charge in [0.25, 0.3) is 0 Å². The van der Waals surface area contributed by atoms with Crippen LogP contribution in [0.25, 0.3) is 11.1 Å². The van der Waals surface area contributed by atoms with E-state index in [1.807, 2.05) is 43.3 Å². The van der Waals surface area contributed by atoms with E-state index in [1.165, 1.54) is 5.56 Å².